The third kappa shape index (κ3) is 6.12. The van der Waals surface area contributed by atoms with E-state index in [4.69, 9.17) is 14.2 Å². The summed E-state index contributed by atoms with van der Waals surface area (Å²) < 4.78 is 15.9. The summed E-state index contributed by atoms with van der Waals surface area (Å²) in [7, 11) is 0. The van der Waals surface area contributed by atoms with Crippen LogP contribution in [0.3, 0.4) is 0 Å². The van der Waals surface area contributed by atoms with Gasteiger partial charge in [0.15, 0.2) is 12.9 Å². The van der Waals surface area contributed by atoms with Crippen LogP contribution in [0.2, 0.25) is 0 Å². The smallest absolute Gasteiger partial charge is 0.338 e. The lowest BCUT2D eigenvalue weighted by Crippen LogP contribution is -2.20. The minimum atomic E-state index is -0.421. The van der Waals surface area contributed by atoms with Crippen molar-refractivity contribution in [1.29, 1.82) is 0 Å². The van der Waals surface area contributed by atoms with Gasteiger partial charge in [-0.05, 0) is 49.7 Å². The number of carbonyl (C=O) groups is 3. The largest absolute Gasteiger partial charge is 0.493 e. The number of aldehydes is 1. The molecule has 0 fully saturated rings. The molecule has 0 saturated carbocycles. The monoisotopic (exact) mass is 385 g/mol. The summed E-state index contributed by atoms with van der Waals surface area (Å²) in [5.41, 5.74) is 1.24. The molecule has 0 radical (unpaired) electrons. The van der Waals surface area contributed by atoms with Gasteiger partial charge in [-0.25, -0.2) is 4.79 Å². The molecule has 0 aliphatic carbocycles. The van der Waals surface area contributed by atoms with Gasteiger partial charge in [0.2, 0.25) is 0 Å². The maximum absolute atomic E-state index is 12.1. The average Bonchev–Trinajstić information content (AvgIpc) is 2.71. The molecule has 148 valence electrons. The molecule has 1 N–H and O–H groups in total. The zero-order chi connectivity index (χ0) is 20.4. The Hall–Kier alpha value is -3.35. The van der Waals surface area contributed by atoms with Crippen LogP contribution in [-0.4, -0.2) is 38.0 Å². The lowest BCUT2D eigenvalue weighted by atomic mass is 10.2. The Labute approximate surface area is 163 Å². The Balaban J connectivity index is 1.94. The number of rotatable bonds is 10. The second-order valence-corrected chi connectivity index (χ2v) is 5.80. The van der Waals surface area contributed by atoms with Gasteiger partial charge in [-0.15, -0.1) is 0 Å². The molecule has 2 rings (SSSR count). The van der Waals surface area contributed by atoms with Crippen LogP contribution >= 0.6 is 0 Å². The van der Waals surface area contributed by atoms with Crippen molar-refractivity contribution in [2.75, 3.05) is 25.1 Å². The fourth-order valence-electron chi connectivity index (χ4n) is 2.29. The van der Waals surface area contributed by atoms with Gasteiger partial charge in [-0.1, -0.05) is 6.92 Å². The molecule has 2 aromatic rings. The van der Waals surface area contributed by atoms with E-state index in [0.29, 0.717) is 42.1 Å². The highest BCUT2D eigenvalue weighted by Gasteiger charge is 2.10. The Morgan fingerprint density at radius 1 is 1.04 bits per heavy atom. The van der Waals surface area contributed by atoms with Gasteiger partial charge in [0, 0.05) is 11.8 Å². The summed E-state index contributed by atoms with van der Waals surface area (Å²) in [5.74, 6) is 0.0183. The molecule has 2 aromatic carbocycles. The molecule has 0 aromatic heterocycles. The normalized spacial score (nSPS) is 10.1. The quantitative estimate of drug-likeness (QED) is 0.497. The van der Waals surface area contributed by atoms with Gasteiger partial charge in [-0.2, -0.15) is 0 Å². The lowest BCUT2D eigenvalue weighted by Gasteiger charge is -2.11. The van der Waals surface area contributed by atoms with Crippen molar-refractivity contribution in [3.8, 4) is 11.5 Å². The first-order valence-electron chi connectivity index (χ1n) is 8.99. The third-order valence-electron chi connectivity index (χ3n) is 3.62. The van der Waals surface area contributed by atoms with E-state index >= 15 is 0 Å². The molecule has 0 aliphatic heterocycles. The van der Waals surface area contributed by atoms with E-state index in [1.165, 1.54) is 0 Å². The summed E-state index contributed by atoms with van der Waals surface area (Å²) in [6.45, 7) is 4.27. The first kappa shape index (κ1) is 21.0. The van der Waals surface area contributed by atoms with Gasteiger partial charge in [-0.3, -0.25) is 9.59 Å². The predicted molar refractivity (Wildman–Crippen MR) is 104 cm³/mol. The molecular weight excluding hydrogens is 362 g/mol. The number of benzene rings is 2. The summed E-state index contributed by atoms with van der Waals surface area (Å²) >= 11 is 0. The summed E-state index contributed by atoms with van der Waals surface area (Å²) in [6, 6.07) is 11.2. The van der Waals surface area contributed by atoms with Crippen molar-refractivity contribution < 1.29 is 28.6 Å². The summed E-state index contributed by atoms with van der Waals surface area (Å²) in [6.07, 6.45) is 1.51. The number of carbonyl (C=O) groups excluding carboxylic acids is 3. The third-order valence-corrected chi connectivity index (χ3v) is 3.62. The Kier molecular flexibility index (Phi) is 8.02. The van der Waals surface area contributed by atoms with Crippen molar-refractivity contribution >= 4 is 23.9 Å². The van der Waals surface area contributed by atoms with Gasteiger partial charge in [0.25, 0.3) is 5.91 Å². The Bertz CT molecular complexity index is 816. The number of ether oxygens (including phenoxy) is 3. The van der Waals surface area contributed by atoms with Crippen LogP contribution < -0.4 is 14.8 Å². The van der Waals surface area contributed by atoms with Crippen LogP contribution in [0.25, 0.3) is 0 Å². The van der Waals surface area contributed by atoms with E-state index < -0.39 is 11.9 Å². The topological polar surface area (TPSA) is 90.9 Å². The summed E-state index contributed by atoms with van der Waals surface area (Å²) in [5, 5.41) is 2.66. The van der Waals surface area contributed by atoms with Crippen LogP contribution in [0.15, 0.2) is 42.5 Å². The van der Waals surface area contributed by atoms with Crippen molar-refractivity contribution in [3.05, 3.63) is 53.6 Å². The van der Waals surface area contributed by atoms with E-state index in [9.17, 15) is 14.4 Å². The molecule has 0 heterocycles. The van der Waals surface area contributed by atoms with Crippen molar-refractivity contribution in [2.45, 2.75) is 20.3 Å². The van der Waals surface area contributed by atoms with Crippen molar-refractivity contribution in [2.24, 2.45) is 0 Å². The number of amides is 1. The van der Waals surface area contributed by atoms with E-state index in [0.717, 1.165) is 6.42 Å². The van der Waals surface area contributed by atoms with Crippen molar-refractivity contribution in [3.63, 3.8) is 0 Å². The molecule has 0 unspecified atom stereocenters. The number of hydrogen-bond acceptors (Lipinski definition) is 6. The van der Waals surface area contributed by atoms with E-state index in [-0.39, 0.29) is 12.4 Å². The summed E-state index contributed by atoms with van der Waals surface area (Å²) in [4.78, 5) is 34.9. The maximum Gasteiger partial charge on any atom is 0.338 e. The maximum atomic E-state index is 12.1. The van der Waals surface area contributed by atoms with Crippen LogP contribution in [0.1, 0.15) is 41.0 Å². The second-order valence-electron chi connectivity index (χ2n) is 5.80. The molecule has 0 saturated heterocycles. The Morgan fingerprint density at radius 2 is 1.79 bits per heavy atom. The highest BCUT2D eigenvalue weighted by Crippen LogP contribution is 2.24. The van der Waals surface area contributed by atoms with Crippen LogP contribution in [0.5, 0.6) is 11.5 Å². The molecule has 28 heavy (non-hydrogen) atoms. The number of nitrogens with one attached hydrogen (secondary N) is 1. The number of hydrogen-bond donors (Lipinski definition) is 1. The zero-order valence-corrected chi connectivity index (χ0v) is 15.9. The predicted octanol–water partition coefficient (Wildman–Crippen LogP) is 3.48. The first-order valence-corrected chi connectivity index (χ1v) is 8.99. The van der Waals surface area contributed by atoms with Crippen LogP contribution in [0.4, 0.5) is 5.69 Å². The fraction of sp³-hybridized carbons (Fsp3) is 0.286. The van der Waals surface area contributed by atoms with E-state index in [1.807, 2.05) is 6.92 Å². The van der Waals surface area contributed by atoms with Gasteiger partial charge in [0.1, 0.15) is 11.5 Å². The molecule has 0 bridgehead atoms. The number of anilines is 1. The van der Waals surface area contributed by atoms with Gasteiger partial charge < -0.3 is 19.5 Å². The van der Waals surface area contributed by atoms with Gasteiger partial charge >= 0.3 is 5.97 Å². The standard InChI is InChI=1S/C21H23NO6/c1-3-11-27-18-10-7-16(13-23)19(12-18)28-14-20(24)22-17-8-5-15(6-9-17)21(25)26-4-2/h5-10,12-13H,3-4,11,14H2,1-2H3,(H,22,24). The average molecular weight is 385 g/mol. The fourth-order valence-corrected chi connectivity index (χ4v) is 2.29. The van der Waals surface area contributed by atoms with E-state index in [2.05, 4.69) is 5.32 Å². The van der Waals surface area contributed by atoms with Crippen LogP contribution in [0, 0.1) is 0 Å². The van der Waals surface area contributed by atoms with E-state index in [1.54, 1.807) is 49.4 Å². The minimum absolute atomic E-state index is 0.274. The molecule has 0 atom stereocenters. The minimum Gasteiger partial charge on any atom is -0.493 e. The SMILES string of the molecule is CCCOc1ccc(C=O)c(OCC(=O)Nc2ccc(C(=O)OCC)cc2)c1. The molecule has 7 heteroatoms. The molecule has 0 spiro atoms. The lowest BCUT2D eigenvalue weighted by molar-refractivity contribution is -0.118. The molecule has 1 amide bonds. The van der Waals surface area contributed by atoms with Crippen molar-refractivity contribution in [1.82, 2.24) is 0 Å². The van der Waals surface area contributed by atoms with Crippen LogP contribution in [-0.2, 0) is 9.53 Å². The molecule has 7 nitrogen and oxygen atoms in total. The number of esters is 1. The molecule has 0 aliphatic rings. The highest BCUT2D eigenvalue weighted by atomic mass is 16.5. The second kappa shape index (κ2) is 10.7. The Morgan fingerprint density at radius 3 is 2.43 bits per heavy atom. The first-order chi connectivity index (χ1) is 13.6. The van der Waals surface area contributed by atoms with Gasteiger partial charge in [0.05, 0.1) is 24.3 Å². The highest BCUT2D eigenvalue weighted by molar-refractivity contribution is 5.94. The molecular formula is C21H23NO6. The zero-order valence-electron chi connectivity index (χ0n) is 15.9.